The topological polar surface area (TPSA) is 93.8 Å². The number of carbonyl (C=O) groups is 1. The first-order valence-electron chi connectivity index (χ1n) is 7.62. The van der Waals surface area contributed by atoms with Crippen molar-refractivity contribution in [2.24, 2.45) is 0 Å². The van der Waals surface area contributed by atoms with Crippen molar-refractivity contribution >= 4 is 22.8 Å². The molecule has 4 aromatic rings. The van der Waals surface area contributed by atoms with Crippen LogP contribution in [0.15, 0.2) is 59.3 Å². The van der Waals surface area contributed by atoms with Crippen LogP contribution in [-0.2, 0) is 0 Å². The summed E-state index contributed by atoms with van der Waals surface area (Å²) in [5.41, 5.74) is 2.65. The van der Waals surface area contributed by atoms with Gasteiger partial charge in [0.2, 0.25) is 5.89 Å². The monoisotopic (exact) mass is 331 g/mol. The molecule has 3 heterocycles. The molecule has 0 atom stereocenters. The average Bonchev–Trinajstić information content (AvgIpc) is 3.06. The van der Waals surface area contributed by atoms with Gasteiger partial charge in [-0.15, -0.1) is 5.10 Å². The third kappa shape index (κ3) is 2.94. The first-order valence-corrected chi connectivity index (χ1v) is 7.62. The standard InChI is InChI=1S/C18H13N5O2/c1-11-22-23-18(25-11)21-17(24)14-6-2-4-12-7-8-15(20-16(12)14)13-5-3-9-19-10-13/h2-10H,1H3,(H,21,23,24). The second kappa shape index (κ2) is 6.12. The summed E-state index contributed by atoms with van der Waals surface area (Å²) in [5, 5.41) is 10.9. The van der Waals surface area contributed by atoms with E-state index < -0.39 is 0 Å². The van der Waals surface area contributed by atoms with Gasteiger partial charge in [-0.2, -0.15) is 0 Å². The summed E-state index contributed by atoms with van der Waals surface area (Å²) < 4.78 is 5.20. The van der Waals surface area contributed by atoms with E-state index in [1.165, 1.54) is 0 Å². The van der Waals surface area contributed by atoms with Crippen molar-refractivity contribution in [3.8, 4) is 11.3 Å². The lowest BCUT2D eigenvalue weighted by Gasteiger charge is -2.07. The molecule has 7 nitrogen and oxygen atoms in total. The summed E-state index contributed by atoms with van der Waals surface area (Å²) in [7, 11) is 0. The molecule has 0 spiro atoms. The van der Waals surface area contributed by atoms with Gasteiger partial charge in [-0.05, 0) is 24.3 Å². The Kier molecular flexibility index (Phi) is 3.66. The van der Waals surface area contributed by atoms with Gasteiger partial charge in [-0.3, -0.25) is 15.1 Å². The molecule has 25 heavy (non-hydrogen) atoms. The molecule has 0 aliphatic rings. The number of carbonyl (C=O) groups excluding carboxylic acids is 1. The third-order valence-electron chi connectivity index (χ3n) is 3.67. The molecule has 0 radical (unpaired) electrons. The zero-order valence-electron chi connectivity index (χ0n) is 13.3. The van der Waals surface area contributed by atoms with Crippen LogP contribution in [0, 0.1) is 6.92 Å². The number of rotatable bonds is 3. The second-order valence-electron chi connectivity index (χ2n) is 5.40. The van der Waals surface area contributed by atoms with Gasteiger partial charge in [-0.1, -0.05) is 23.3 Å². The highest BCUT2D eigenvalue weighted by molar-refractivity contribution is 6.11. The lowest BCUT2D eigenvalue weighted by Crippen LogP contribution is -2.13. The smallest absolute Gasteiger partial charge is 0.322 e. The number of pyridine rings is 2. The van der Waals surface area contributed by atoms with Crippen LogP contribution in [0.25, 0.3) is 22.2 Å². The fourth-order valence-corrected chi connectivity index (χ4v) is 2.52. The van der Waals surface area contributed by atoms with E-state index in [2.05, 4.69) is 25.5 Å². The molecule has 0 aliphatic heterocycles. The van der Waals surface area contributed by atoms with E-state index >= 15 is 0 Å². The number of nitrogens with zero attached hydrogens (tertiary/aromatic N) is 4. The number of anilines is 1. The first kappa shape index (κ1) is 14.9. The van der Waals surface area contributed by atoms with Gasteiger partial charge in [0, 0.05) is 30.3 Å². The second-order valence-corrected chi connectivity index (χ2v) is 5.40. The van der Waals surface area contributed by atoms with Gasteiger partial charge in [0.25, 0.3) is 5.91 Å². The van der Waals surface area contributed by atoms with Crippen LogP contribution in [0.4, 0.5) is 6.01 Å². The fraction of sp³-hybridized carbons (Fsp3) is 0.0556. The summed E-state index contributed by atoms with van der Waals surface area (Å²) in [5.74, 6) is 0.0234. The summed E-state index contributed by atoms with van der Waals surface area (Å²) in [4.78, 5) is 21.3. The van der Waals surface area contributed by atoms with E-state index in [1.807, 2.05) is 36.4 Å². The lowest BCUT2D eigenvalue weighted by molar-refractivity contribution is 0.102. The number of hydrogen-bond acceptors (Lipinski definition) is 6. The maximum absolute atomic E-state index is 12.6. The summed E-state index contributed by atoms with van der Waals surface area (Å²) in [6.45, 7) is 1.66. The molecule has 0 saturated heterocycles. The largest absolute Gasteiger partial charge is 0.408 e. The maximum Gasteiger partial charge on any atom is 0.322 e. The van der Waals surface area contributed by atoms with Crippen molar-refractivity contribution in [3.05, 3.63) is 66.3 Å². The molecule has 0 unspecified atom stereocenters. The Morgan fingerprint density at radius 2 is 2.00 bits per heavy atom. The van der Waals surface area contributed by atoms with Crippen LogP contribution in [-0.4, -0.2) is 26.1 Å². The Morgan fingerprint density at radius 3 is 2.76 bits per heavy atom. The highest BCUT2D eigenvalue weighted by Gasteiger charge is 2.15. The van der Waals surface area contributed by atoms with Crippen molar-refractivity contribution in [1.82, 2.24) is 20.2 Å². The number of aromatic nitrogens is 4. The molecule has 4 rings (SSSR count). The van der Waals surface area contributed by atoms with Gasteiger partial charge in [0.1, 0.15) is 0 Å². The number of fused-ring (bicyclic) bond motifs is 1. The minimum atomic E-state index is -0.356. The van der Waals surface area contributed by atoms with Crippen molar-refractivity contribution in [1.29, 1.82) is 0 Å². The summed E-state index contributed by atoms with van der Waals surface area (Å²) in [6.07, 6.45) is 3.44. The molecule has 0 fully saturated rings. The average molecular weight is 331 g/mol. The number of para-hydroxylation sites is 1. The number of amides is 1. The number of nitrogens with one attached hydrogen (secondary N) is 1. The molecule has 122 valence electrons. The minimum Gasteiger partial charge on any atom is -0.408 e. The SMILES string of the molecule is Cc1nnc(NC(=O)c2cccc3ccc(-c4cccnc4)nc23)o1. The zero-order valence-corrected chi connectivity index (χ0v) is 13.3. The molecule has 0 aliphatic carbocycles. The van der Waals surface area contributed by atoms with E-state index in [1.54, 1.807) is 25.4 Å². The first-order chi connectivity index (χ1) is 12.2. The van der Waals surface area contributed by atoms with Gasteiger partial charge in [0.15, 0.2) is 0 Å². The predicted octanol–water partition coefficient (Wildman–Crippen LogP) is 3.24. The maximum atomic E-state index is 12.6. The highest BCUT2D eigenvalue weighted by atomic mass is 16.4. The van der Waals surface area contributed by atoms with Gasteiger partial charge in [0.05, 0.1) is 16.8 Å². The Morgan fingerprint density at radius 1 is 1.08 bits per heavy atom. The Balaban J connectivity index is 1.76. The predicted molar refractivity (Wildman–Crippen MR) is 92.0 cm³/mol. The molecule has 1 N–H and O–H groups in total. The number of aryl methyl sites for hydroxylation is 1. The molecule has 0 saturated carbocycles. The quantitative estimate of drug-likeness (QED) is 0.619. The summed E-state index contributed by atoms with van der Waals surface area (Å²) >= 11 is 0. The molecule has 3 aromatic heterocycles. The fourth-order valence-electron chi connectivity index (χ4n) is 2.52. The third-order valence-corrected chi connectivity index (χ3v) is 3.67. The Labute approximate surface area is 142 Å². The molecule has 1 aromatic carbocycles. The highest BCUT2D eigenvalue weighted by Crippen LogP contribution is 2.23. The van der Waals surface area contributed by atoms with Crippen molar-refractivity contribution in [2.45, 2.75) is 6.92 Å². The number of benzene rings is 1. The molecular weight excluding hydrogens is 318 g/mol. The number of hydrogen-bond donors (Lipinski definition) is 1. The Hall–Kier alpha value is -3.61. The zero-order chi connectivity index (χ0) is 17.2. The lowest BCUT2D eigenvalue weighted by atomic mass is 10.1. The molecular formula is C18H13N5O2. The van der Waals surface area contributed by atoms with E-state index in [-0.39, 0.29) is 11.9 Å². The van der Waals surface area contributed by atoms with Crippen LogP contribution >= 0.6 is 0 Å². The molecule has 1 amide bonds. The van der Waals surface area contributed by atoms with E-state index in [9.17, 15) is 4.79 Å². The summed E-state index contributed by atoms with van der Waals surface area (Å²) in [6, 6.07) is 13.1. The van der Waals surface area contributed by atoms with Gasteiger partial charge < -0.3 is 4.42 Å². The molecule has 7 heteroatoms. The van der Waals surface area contributed by atoms with Gasteiger partial charge in [-0.25, -0.2) is 4.98 Å². The van der Waals surface area contributed by atoms with Crippen LogP contribution in [0.1, 0.15) is 16.2 Å². The van der Waals surface area contributed by atoms with E-state index in [0.717, 1.165) is 16.6 Å². The van der Waals surface area contributed by atoms with Crippen molar-refractivity contribution < 1.29 is 9.21 Å². The minimum absolute atomic E-state index is 0.0583. The van der Waals surface area contributed by atoms with Crippen molar-refractivity contribution in [3.63, 3.8) is 0 Å². The van der Waals surface area contributed by atoms with Crippen LogP contribution in [0.5, 0.6) is 0 Å². The normalized spacial score (nSPS) is 10.8. The molecule has 0 bridgehead atoms. The van der Waals surface area contributed by atoms with Crippen molar-refractivity contribution in [2.75, 3.05) is 5.32 Å². The van der Waals surface area contributed by atoms with Gasteiger partial charge >= 0.3 is 6.01 Å². The van der Waals surface area contributed by atoms with Crippen LogP contribution in [0.2, 0.25) is 0 Å². The van der Waals surface area contributed by atoms with Crippen LogP contribution < -0.4 is 5.32 Å². The van der Waals surface area contributed by atoms with E-state index in [4.69, 9.17) is 4.42 Å². The van der Waals surface area contributed by atoms with E-state index in [0.29, 0.717) is 17.0 Å². The van der Waals surface area contributed by atoms with Crippen LogP contribution in [0.3, 0.4) is 0 Å². The Bertz CT molecular complexity index is 1060.